The SMILES string of the molecule is CN(CC(=O)NC1CC1)C(=O)c1cc(F)ccc1O. The number of halogens is 1. The van der Waals surface area contributed by atoms with Crippen molar-refractivity contribution in [2.75, 3.05) is 13.6 Å². The molecule has 0 aliphatic heterocycles. The summed E-state index contributed by atoms with van der Waals surface area (Å²) < 4.78 is 13.1. The van der Waals surface area contributed by atoms with E-state index in [0.717, 1.165) is 35.9 Å². The van der Waals surface area contributed by atoms with Gasteiger partial charge in [0.1, 0.15) is 11.6 Å². The minimum Gasteiger partial charge on any atom is -0.507 e. The summed E-state index contributed by atoms with van der Waals surface area (Å²) in [5, 5.41) is 12.3. The fourth-order valence-electron chi connectivity index (χ4n) is 1.67. The first-order valence-corrected chi connectivity index (χ1v) is 6.00. The monoisotopic (exact) mass is 266 g/mol. The molecule has 2 rings (SSSR count). The first-order valence-electron chi connectivity index (χ1n) is 6.00. The number of nitrogens with zero attached hydrogens (tertiary/aromatic N) is 1. The van der Waals surface area contributed by atoms with E-state index in [9.17, 15) is 19.1 Å². The van der Waals surface area contributed by atoms with Gasteiger partial charge in [0.25, 0.3) is 5.91 Å². The summed E-state index contributed by atoms with van der Waals surface area (Å²) in [4.78, 5) is 24.7. The van der Waals surface area contributed by atoms with Crippen molar-refractivity contribution in [3.8, 4) is 5.75 Å². The Morgan fingerprint density at radius 2 is 2.16 bits per heavy atom. The zero-order chi connectivity index (χ0) is 14.0. The molecule has 0 unspecified atom stereocenters. The van der Waals surface area contributed by atoms with Crippen molar-refractivity contribution in [1.29, 1.82) is 0 Å². The molecule has 0 atom stereocenters. The minimum absolute atomic E-state index is 0.120. The fraction of sp³-hybridized carbons (Fsp3) is 0.385. The van der Waals surface area contributed by atoms with Gasteiger partial charge in [0.2, 0.25) is 5.91 Å². The van der Waals surface area contributed by atoms with Crippen LogP contribution < -0.4 is 5.32 Å². The second-order valence-electron chi connectivity index (χ2n) is 4.66. The predicted molar refractivity (Wildman–Crippen MR) is 66.2 cm³/mol. The number of carbonyl (C=O) groups is 2. The number of likely N-dealkylation sites (N-methyl/N-ethyl adjacent to an activating group) is 1. The van der Waals surface area contributed by atoms with E-state index in [1.54, 1.807) is 0 Å². The van der Waals surface area contributed by atoms with E-state index in [0.29, 0.717) is 0 Å². The molecule has 102 valence electrons. The Morgan fingerprint density at radius 3 is 2.79 bits per heavy atom. The normalized spacial score (nSPS) is 14.0. The van der Waals surface area contributed by atoms with Crippen LogP contribution in [0.5, 0.6) is 5.75 Å². The largest absolute Gasteiger partial charge is 0.507 e. The summed E-state index contributed by atoms with van der Waals surface area (Å²) >= 11 is 0. The van der Waals surface area contributed by atoms with Gasteiger partial charge < -0.3 is 15.3 Å². The number of phenols is 1. The molecule has 19 heavy (non-hydrogen) atoms. The fourth-order valence-corrected chi connectivity index (χ4v) is 1.67. The molecule has 0 radical (unpaired) electrons. The predicted octanol–water partition coefficient (Wildman–Crippen LogP) is 0.882. The highest BCUT2D eigenvalue weighted by molar-refractivity contribution is 5.98. The molecule has 1 aromatic rings. The van der Waals surface area contributed by atoms with Gasteiger partial charge in [-0.15, -0.1) is 0 Å². The van der Waals surface area contributed by atoms with Crippen LogP contribution in [0.2, 0.25) is 0 Å². The minimum atomic E-state index is -0.614. The van der Waals surface area contributed by atoms with Crippen LogP contribution >= 0.6 is 0 Å². The zero-order valence-electron chi connectivity index (χ0n) is 10.5. The van der Waals surface area contributed by atoms with Gasteiger partial charge in [-0.3, -0.25) is 9.59 Å². The Balaban J connectivity index is 2.01. The summed E-state index contributed by atoms with van der Waals surface area (Å²) in [5.41, 5.74) is -0.151. The Labute approximate surface area is 110 Å². The number of aromatic hydroxyl groups is 1. The Bertz CT molecular complexity index is 515. The Morgan fingerprint density at radius 1 is 1.47 bits per heavy atom. The number of rotatable bonds is 4. The average molecular weight is 266 g/mol. The van der Waals surface area contributed by atoms with Crippen LogP contribution in [0.25, 0.3) is 0 Å². The van der Waals surface area contributed by atoms with E-state index in [1.165, 1.54) is 7.05 Å². The van der Waals surface area contributed by atoms with E-state index in [1.807, 2.05) is 0 Å². The number of nitrogens with one attached hydrogen (secondary N) is 1. The van der Waals surface area contributed by atoms with E-state index < -0.39 is 11.7 Å². The van der Waals surface area contributed by atoms with Crippen LogP contribution in [0.1, 0.15) is 23.2 Å². The third-order valence-corrected chi connectivity index (χ3v) is 2.86. The van der Waals surface area contributed by atoms with Crippen LogP contribution in [-0.2, 0) is 4.79 Å². The molecule has 2 N–H and O–H groups in total. The number of benzene rings is 1. The number of hydrogen-bond acceptors (Lipinski definition) is 3. The maximum atomic E-state index is 13.1. The highest BCUT2D eigenvalue weighted by Gasteiger charge is 2.25. The van der Waals surface area contributed by atoms with Gasteiger partial charge in [0.15, 0.2) is 0 Å². The highest BCUT2D eigenvalue weighted by Crippen LogP contribution is 2.20. The molecule has 1 aliphatic carbocycles. The lowest BCUT2D eigenvalue weighted by atomic mass is 10.1. The molecule has 1 aromatic carbocycles. The Kier molecular flexibility index (Phi) is 3.69. The summed E-state index contributed by atoms with van der Waals surface area (Å²) in [6.07, 6.45) is 1.93. The van der Waals surface area contributed by atoms with Crippen LogP contribution in [0.15, 0.2) is 18.2 Å². The third kappa shape index (κ3) is 3.43. The lowest BCUT2D eigenvalue weighted by molar-refractivity contribution is -0.121. The second-order valence-corrected chi connectivity index (χ2v) is 4.66. The van der Waals surface area contributed by atoms with Crippen molar-refractivity contribution in [3.63, 3.8) is 0 Å². The number of hydrogen-bond donors (Lipinski definition) is 2. The lowest BCUT2D eigenvalue weighted by Gasteiger charge is -2.17. The molecule has 5 nitrogen and oxygen atoms in total. The summed E-state index contributed by atoms with van der Waals surface area (Å²) in [6, 6.07) is 3.35. The van der Waals surface area contributed by atoms with Gasteiger partial charge >= 0.3 is 0 Å². The maximum absolute atomic E-state index is 13.1. The molecule has 1 saturated carbocycles. The third-order valence-electron chi connectivity index (χ3n) is 2.86. The van der Waals surface area contributed by atoms with Crippen molar-refractivity contribution in [3.05, 3.63) is 29.6 Å². The molecular formula is C13H15FN2O3. The van der Waals surface area contributed by atoms with E-state index in [2.05, 4.69) is 5.32 Å². The van der Waals surface area contributed by atoms with Crippen LogP contribution in [0.3, 0.4) is 0 Å². The van der Waals surface area contributed by atoms with Crippen molar-refractivity contribution < 1.29 is 19.1 Å². The van der Waals surface area contributed by atoms with Gasteiger partial charge in [-0.25, -0.2) is 4.39 Å². The van der Waals surface area contributed by atoms with Crippen LogP contribution in [0.4, 0.5) is 4.39 Å². The van der Waals surface area contributed by atoms with Crippen molar-refractivity contribution in [1.82, 2.24) is 10.2 Å². The molecule has 2 amide bonds. The summed E-state index contributed by atoms with van der Waals surface area (Å²) in [7, 11) is 1.43. The van der Waals surface area contributed by atoms with Gasteiger partial charge in [0, 0.05) is 13.1 Å². The van der Waals surface area contributed by atoms with Gasteiger partial charge in [-0.1, -0.05) is 0 Å². The smallest absolute Gasteiger partial charge is 0.257 e. The quantitative estimate of drug-likeness (QED) is 0.850. The highest BCUT2D eigenvalue weighted by atomic mass is 19.1. The van der Waals surface area contributed by atoms with Gasteiger partial charge in [-0.05, 0) is 31.0 Å². The summed E-state index contributed by atoms with van der Waals surface area (Å²) in [5.74, 6) is -1.77. The van der Waals surface area contributed by atoms with E-state index in [4.69, 9.17) is 0 Å². The van der Waals surface area contributed by atoms with Crippen molar-refractivity contribution in [2.24, 2.45) is 0 Å². The van der Waals surface area contributed by atoms with Crippen molar-refractivity contribution in [2.45, 2.75) is 18.9 Å². The van der Waals surface area contributed by atoms with E-state index in [-0.39, 0.29) is 29.8 Å². The second kappa shape index (κ2) is 5.26. The summed E-state index contributed by atoms with van der Waals surface area (Å²) in [6.45, 7) is -0.120. The topological polar surface area (TPSA) is 69.6 Å². The van der Waals surface area contributed by atoms with Gasteiger partial charge in [-0.2, -0.15) is 0 Å². The number of phenolic OH excluding ortho intramolecular Hbond substituents is 1. The standard InChI is InChI=1S/C13H15FN2O3/c1-16(7-12(18)15-9-3-4-9)13(19)10-6-8(14)2-5-11(10)17/h2,5-6,9,17H,3-4,7H2,1H3,(H,15,18). The average Bonchev–Trinajstić information content (AvgIpc) is 3.15. The number of carbonyl (C=O) groups excluding carboxylic acids is 2. The van der Waals surface area contributed by atoms with Crippen molar-refractivity contribution >= 4 is 11.8 Å². The molecule has 6 heteroatoms. The first kappa shape index (κ1) is 13.3. The van der Waals surface area contributed by atoms with E-state index >= 15 is 0 Å². The Hall–Kier alpha value is -2.11. The maximum Gasteiger partial charge on any atom is 0.257 e. The molecule has 1 aliphatic rings. The molecule has 0 bridgehead atoms. The lowest BCUT2D eigenvalue weighted by Crippen LogP contribution is -2.39. The number of amides is 2. The molecule has 0 spiro atoms. The van der Waals surface area contributed by atoms with Crippen LogP contribution in [-0.4, -0.2) is 41.5 Å². The first-order chi connectivity index (χ1) is 8.97. The molecule has 0 heterocycles. The van der Waals surface area contributed by atoms with Crippen LogP contribution in [0, 0.1) is 5.82 Å². The molecular weight excluding hydrogens is 251 g/mol. The molecule has 0 saturated heterocycles. The van der Waals surface area contributed by atoms with Gasteiger partial charge in [0.05, 0.1) is 12.1 Å². The zero-order valence-corrected chi connectivity index (χ0v) is 10.5. The molecule has 1 fully saturated rings. The molecule has 0 aromatic heterocycles.